The van der Waals surface area contributed by atoms with Crippen molar-refractivity contribution in [3.8, 4) is 5.75 Å². The largest absolute Gasteiger partial charge is 0.573 e. The first-order valence-electron chi connectivity index (χ1n) is 7.94. The van der Waals surface area contributed by atoms with Crippen molar-refractivity contribution in [3.05, 3.63) is 59.9 Å². The highest BCUT2D eigenvalue weighted by molar-refractivity contribution is 5.37. The maximum atomic E-state index is 12.5. The number of benzene rings is 1. The zero-order valence-corrected chi connectivity index (χ0v) is 13.4. The second-order valence-electron chi connectivity index (χ2n) is 6.00. The highest BCUT2D eigenvalue weighted by Gasteiger charge is 2.43. The van der Waals surface area contributed by atoms with Crippen LogP contribution in [0.5, 0.6) is 5.75 Å². The van der Waals surface area contributed by atoms with Crippen molar-refractivity contribution in [2.75, 3.05) is 13.2 Å². The summed E-state index contributed by atoms with van der Waals surface area (Å²) in [7, 11) is 0. The van der Waals surface area contributed by atoms with Crippen molar-refractivity contribution in [1.29, 1.82) is 0 Å². The van der Waals surface area contributed by atoms with Crippen LogP contribution in [0.3, 0.4) is 0 Å². The molecular formula is C18H18F3NO3. The molecule has 1 aromatic heterocycles. The minimum atomic E-state index is -4.76. The minimum absolute atomic E-state index is 0.302. The molecule has 1 aromatic carbocycles. The first kappa shape index (κ1) is 17.7. The molecule has 1 aliphatic rings. The lowest BCUT2D eigenvalue weighted by molar-refractivity contribution is -0.274. The van der Waals surface area contributed by atoms with Crippen LogP contribution in [-0.4, -0.2) is 29.7 Å². The minimum Gasteiger partial charge on any atom is -0.406 e. The average Bonchev–Trinajstić information content (AvgIpc) is 2.61. The van der Waals surface area contributed by atoms with Gasteiger partial charge in [0.25, 0.3) is 0 Å². The molecule has 1 N–H and O–H groups in total. The smallest absolute Gasteiger partial charge is 0.406 e. The molecule has 134 valence electrons. The van der Waals surface area contributed by atoms with E-state index in [1.807, 2.05) is 0 Å². The van der Waals surface area contributed by atoms with Crippen LogP contribution in [0.25, 0.3) is 0 Å². The standard InChI is InChI=1S/C18H18F3NO3/c19-18(20,21)25-14-5-3-4-13(12-14)17(7-10-24-11-8-17)16(23)15-6-1-2-9-22-15/h1-6,9,12,16,23H,7-8,10-11H2. The van der Waals surface area contributed by atoms with Crippen molar-refractivity contribution in [3.63, 3.8) is 0 Å². The van der Waals surface area contributed by atoms with Crippen LogP contribution in [0, 0.1) is 0 Å². The molecule has 2 heterocycles. The van der Waals surface area contributed by atoms with Gasteiger partial charge in [-0.15, -0.1) is 13.2 Å². The fourth-order valence-corrected chi connectivity index (χ4v) is 3.28. The number of nitrogens with zero attached hydrogens (tertiary/aromatic N) is 1. The number of aliphatic hydroxyl groups is 1. The van der Waals surface area contributed by atoms with E-state index in [2.05, 4.69) is 9.72 Å². The molecule has 0 radical (unpaired) electrons. The summed E-state index contributed by atoms with van der Waals surface area (Å²) >= 11 is 0. The van der Waals surface area contributed by atoms with Crippen LogP contribution in [0.2, 0.25) is 0 Å². The Hall–Kier alpha value is -2.12. The Bertz CT molecular complexity index is 700. The fraction of sp³-hybridized carbons (Fsp3) is 0.389. The molecule has 1 fully saturated rings. The number of hydrogen-bond donors (Lipinski definition) is 1. The summed E-state index contributed by atoms with van der Waals surface area (Å²) in [5, 5.41) is 11.0. The lowest BCUT2D eigenvalue weighted by Crippen LogP contribution is -2.40. The van der Waals surface area contributed by atoms with E-state index >= 15 is 0 Å². The molecule has 0 saturated carbocycles. The van der Waals surface area contributed by atoms with Gasteiger partial charge < -0.3 is 14.6 Å². The number of ether oxygens (including phenoxy) is 2. The van der Waals surface area contributed by atoms with E-state index in [0.29, 0.717) is 37.3 Å². The Balaban J connectivity index is 2.00. The SMILES string of the molecule is OC(c1ccccn1)C1(c2cccc(OC(F)(F)F)c2)CCOCC1. The topological polar surface area (TPSA) is 51.6 Å². The second kappa shape index (κ2) is 7.01. The molecule has 0 spiro atoms. The van der Waals surface area contributed by atoms with Crippen molar-refractivity contribution < 1.29 is 27.8 Å². The van der Waals surface area contributed by atoms with Crippen LogP contribution in [-0.2, 0) is 10.2 Å². The van der Waals surface area contributed by atoms with Gasteiger partial charge in [0.2, 0.25) is 0 Å². The first-order chi connectivity index (χ1) is 11.9. The highest BCUT2D eigenvalue weighted by atomic mass is 19.4. The Morgan fingerprint density at radius 2 is 1.88 bits per heavy atom. The molecule has 1 atom stereocenters. The van der Waals surface area contributed by atoms with Crippen molar-refractivity contribution in [2.45, 2.75) is 30.7 Å². The van der Waals surface area contributed by atoms with Crippen molar-refractivity contribution >= 4 is 0 Å². The molecule has 2 aromatic rings. The molecule has 25 heavy (non-hydrogen) atoms. The molecule has 4 nitrogen and oxygen atoms in total. The molecule has 0 amide bonds. The van der Waals surface area contributed by atoms with Gasteiger partial charge in [-0.1, -0.05) is 18.2 Å². The lowest BCUT2D eigenvalue weighted by Gasteiger charge is -2.41. The van der Waals surface area contributed by atoms with Gasteiger partial charge in [0.1, 0.15) is 11.9 Å². The van der Waals surface area contributed by atoms with Crippen molar-refractivity contribution in [2.24, 2.45) is 0 Å². The Morgan fingerprint density at radius 3 is 2.52 bits per heavy atom. The summed E-state index contributed by atoms with van der Waals surface area (Å²) in [4.78, 5) is 4.20. The van der Waals surface area contributed by atoms with E-state index in [4.69, 9.17) is 4.74 Å². The maximum absolute atomic E-state index is 12.5. The predicted octanol–water partition coefficient (Wildman–Crippen LogP) is 3.76. The normalized spacial score (nSPS) is 18.6. The summed E-state index contributed by atoms with van der Waals surface area (Å²) in [6.07, 6.45) is -3.20. The summed E-state index contributed by atoms with van der Waals surface area (Å²) in [5.41, 5.74) is 0.277. The zero-order chi connectivity index (χ0) is 17.9. The Kier molecular flexibility index (Phi) is 4.96. The molecule has 7 heteroatoms. The highest BCUT2D eigenvalue weighted by Crippen LogP contribution is 2.45. The van der Waals surface area contributed by atoms with Crippen LogP contribution in [0.4, 0.5) is 13.2 Å². The number of pyridine rings is 1. The first-order valence-corrected chi connectivity index (χ1v) is 7.94. The van der Waals surface area contributed by atoms with E-state index < -0.39 is 17.9 Å². The molecule has 1 saturated heterocycles. The van der Waals surface area contributed by atoms with E-state index in [9.17, 15) is 18.3 Å². The van der Waals surface area contributed by atoms with Gasteiger partial charge in [0, 0.05) is 24.8 Å². The van der Waals surface area contributed by atoms with Crippen LogP contribution in [0.1, 0.15) is 30.2 Å². The van der Waals surface area contributed by atoms with Gasteiger partial charge in [-0.05, 0) is 42.7 Å². The quantitative estimate of drug-likeness (QED) is 0.909. The van der Waals surface area contributed by atoms with Crippen LogP contribution in [0.15, 0.2) is 48.7 Å². The molecular weight excluding hydrogens is 335 g/mol. The predicted molar refractivity (Wildman–Crippen MR) is 84.1 cm³/mol. The van der Waals surface area contributed by atoms with Crippen LogP contribution >= 0.6 is 0 Å². The van der Waals surface area contributed by atoms with Crippen LogP contribution < -0.4 is 4.74 Å². The van der Waals surface area contributed by atoms with E-state index in [0.717, 1.165) is 0 Å². The summed E-state index contributed by atoms with van der Waals surface area (Å²) in [5.74, 6) is -0.302. The van der Waals surface area contributed by atoms with Gasteiger partial charge in [0.05, 0.1) is 5.69 Å². The van der Waals surface area contributed by atoms with E-state index in [1.54, 1.807) is 30.5 Å². The lowest BCUT2D eigenvalue weighted by atomic mass is 9.69. The summed E-state index contributed by atoms with van der Waals surface area (Å²) < 4.78 is 47.0. The van der Waals surface area contributed by atoms with Gasteiger partial charge >= 0.3 is 6.36 Å². The number of rotatable bonds is 4. The van der Waals surface area contributed by atoms with E-state index in [-0.39, 0.29) is 5.75 Å². The van der Waals surface area contributed by atoms with Crippen molar-refractivity contribution in [1.82, 2.24) is 4.98 Å². The number of aromatic nitrogens is 1. The third kappa shape index (κ3) is 3.93. The number of aliphatic hydroxyl groups excluding tert-OH is 1. The van der Waals surface area contributed by atoms with Gasteiger partial charge in [-0.3, -0.25) is 4.98 Å². The molecule has 3 rings (SSSR count). The number of halogens is 3. The Labute approximate surface area is 143 Å². The monoisotopic (exact) mass is 353 g/mol. The van der Waals surface area contributed by atoms with E-state index in [1.165, 1.54) is 18.2 Å². The third-order valence-electron chi connectivity index (χ3n) is 4.52. The zero-order valence-electron chi connectivity index (χ0n) is 13.4. The van der Waals surface area contributed by atoms with Gasteiger partial charge in [0.15, 0.2) is 0 Å². The van der Waals surface area contributed by atoms with Gasteiger partial charge in [-0.25, -0.2) is 0 Å². The molecule has 0 bridgehead atoms. The van der Waals surface area contributed by atoms with Gasteiger partial charge in [-0.2, -0.15) is 0 Å². The number of alkyl halides is 3. The second-order valence-corrected chi connectivity index (χ2v) is 6.00. The molecule has 0 aliphatic carbocycles. The molecule has 1 aliphatic heterocycles. The maximum Gasteiger partial charge on any atom is 0.573 e. The Morgan fingerprint density at radius 1 is 1.12 bits per heavy atom. The average molecular weight is 353 g/mol. The molecule has 1 unspecified atom stereocenters. The third-order valence-corrected chi connectivity index (χ3v) is 4.52. The summed E-state index contributed by atoms with van der Waals surface area (Å²) in [6.45, 7) is 0.822. The summed E-state index contributed by atoms with van der Waals surface area (Å²) in [6, 6.07) is 11.0. The fourth-order valence-electron chi connectivity index (χ4n) is 3.28. The number of hydrogen-bond acceptors (Lipinski definition) is 4.